The van der Waals surface area contributed by atoms with Crippen LogP contribution in [0.25, 0.3) is 0 Å². The van der Waals surface area contributed by atoms with E-state index >= 15 is 0 Å². The molecule has 0 spiro atoms. The van der Waals surface area contributed by atoms with E-state index in [1.54, 1.807) is 14.0 Å². The minimum atomic E-state index is -0.339. The largest absolute Gasteiger partial charge is 0.382 e. The monoisotopic (exact) mass is 306 g/mol. The molecule has 0 unspecified atom stereocenters. The van der Waals surface area contributed by atoms with E-state index in [0.717, 1.165) is 0 Å². The van der Waals surface area contributed by atoms with Gasteiger partial charge in [-0.1, -0.05) is 0 Å². The van der Waals surface area contributed by atoms with Crippen LogP contribution in [-0.4, -0.2) is 48.6 Å². The fourth-order valence-corrected chi connectivity index (χ4v) is 0.998. The molecule has 0 rings (SSSR count). The molecule has 0 aromatic heterocycles. The molecular formula is C9H18N6O2S2. The molecule has 10 heteroatoms. The van der Waals surface area contributed by atoms with Crippen LogP contribution in [-0.2, 0) is 9.47 Å². The molecule has 0 fully saturated rings. The molecule has 0 aliphatic carbocycles. The van der Waals surface area contributed by atoms with Crippen LogP contribution < -0.4 is 22.3 Å². The number of hydrogen-bond acceptors (Lipinski definition) is 6. The van der Waals surface area contributed by atoms with Crippen LogP contribution in [0.15, 0.2) is 10.2 Å². The van der Waals surface area contributed by atoms with Gasteiger partial charge in [0.2, 0.25) is 0 Å². The zero-order chi connectivity index (χ0) is 14.7. The number of hydrazone groups is 2. The maximum absolute atomic E-state index is 5.47. The van der Waals surface area contributed by atoms with Crippen LogP contribution in [0.5, 0.6) is 0 Å². The van der Waals surface area contributed by atoms with E-state index in [1.165, 1.54) is 6.21 Å². The molecule has 8 nitrogen and oxygen atoms in total. The molecule has 0 aromatic rings. The first-order valence-electron chi connectivity index (χ1n) is 5.29. The van der Waals surface area contributed by atoms with E-state index in [-0.39, 0.29) is 16.3 Å². The lowest BCUT2D eigenvalue weighted by Crippen LogP contribution is -2.32. The van der Waals surface area contributed by atoms with Crippen LogP contribution in [0.1, 0.15) is 6.92 Å². The van der Waals surface area contributed by atoms with Crippen LogP contribution in [0.4, 0.5) is 0 Å². The molecule has 0 heterocycles. The first-order valence-corrected chi connectivity index (χ1v) is 6.11. The predicted molar refractivity (Wildman–Crippen MR) is 83.1 cm³/mol. The third-order valence-electron chi connectivity index (χ3n) is 1.74. The van der Waals surface area contributed by atoms with Gasteiger partial charge in [0, 0.05) is 7.11 Å². The summed E-state index contributed by atoms with van der Waals surface area (Å²) in [6.45, 7) is 2.69. The third kappa shape index (κ3) is 10.3. The molecule has 0 amide bonds. The summed E-state index contributed by atoms with van der Waals surface area (Å²) in [6.07, 6.45) is 1.07. The van der Waals surface area contributed by atoms with Crippen molar-refractivity contribution in [2.24, 2.45) is 21.7 Å². The molecule has 19 heavy (non-hydrogen) atoms. The van der Waals surface area contributed by atoms with E-state index in [2.05, 4.69) is 45.5 Å². The summed E-state index contributed by atoms with van der Waals surface area (Å²) in [5, 5.41) is 7.84. The zero-order valence-electron chi connectivity index (χ0n) is 10.8. The molecule has 1 atom stereocenters. The molecular weight excluding hydrogens is 288 g/mol. The fraction of sp³-hybridized carbons (Fsp3) is 0.556. The van der Waals surface area contributed by atoms with Crippen molar-refractivity contribution in [3.05, 3.63) is 0 Å². The van der Waals surface area contributed by atoms with Crippen LogP contribution in [0.2, 0.25) is 0 Å². The molecule has 0 saturated carbocycles. The Bertz CT molecular complexity index is 361. The van der Waals surface area contributed by atoms with E-state index < -0.39 is 0 Å². The Kier molecular flexibility index (Phi) is 9.80. The van der Waals surface area contributed by atoms with Gasteiger partial charge >= 0.3 is 0 Å². The Morgan fingerprint density at radius 1 is 1.26 bits per heavy atom. The quantitative estimate of drug-likeness (QED) is 0.196. The van der Waals surface area contributed by atoms with Crippen molar-refractivity contribution in [3.8, 4) is 0 Å². The van der Waals surface area contributed by atoms with Gasteiger partial charge in [-0.2, -0.15) is 10.2 Å². The minimum Gasteiger partial charge on any atom is -0.382 e. The molecule has 0 bridgehead atoms. The summed E-state index contributed by atoms with van der Waals surface area (Å²) in [5.41, 5.74) is 15.9. The van der Waals surface area contributed by atoms with Gasteiger partial charge in [-0.15, -0.1) is 0 Å². The second-order valence-electron chi connectivity index (χ2n) is 3.25. The normalized spacial score (nSPS) is 13.3. The van der Waals surface area contributed by atoms with Crippen LogP contribution in [0.3, 0.4) is 0 Å². The predicted octanol–water partition coefficient (Wildman–Crippen LogP) is -0.954. The molecule has 6 N–H and O–H groups in total. The van der Waals surface area contributed by atoms with Gasteiger partial charge in [0.1, 0.15) is 11.8 Å². The average Bonchev–Trinajstić information content (AvgIpc) is 2.32. The molecule has 0 aliphatic heterocycles. The molecule has 0 radical (unpaired) electrons. The molecule has 108 valence electrons. The smallest absolute Gasteiger partial charge is 0.184 e. The van der Waals surface area contributed by atoms with E-state index in [0.29, 0.717) is 18.9 Å². The minimum absolute atomic E-state index is 0.0392. The zero-order valence-corrected chi connectivity index (χ0v) is 12.4. The second-order valence-corrected chi connectivity index (χ2v) is 4.13. The summed E-state index contributed by atoms with van der Waals surface area (Å²) >= 11 is 9.27. The Morgan fingerprint density at radius 3 is 2.42 bits per heavy atom. The van der Waals surface area contributed by atoms with Crippen molar-refractivity contribution >= 4 is 46.6 Å². The SMILES string of the molecule is COCCO[C@@H](C)C(/C=N\NC(N)=S)=N/NC(N)=S. The fourth-order valence-electron chi connectivity index (χ4n) is 0.900. The highest BCUT2D eigenvalue weighted by Gasteiger charge is 2.09. The van der Waals surface area contributed by atoms with Crippen molar-refractivity contribution in [1.29, 1.82) is 0 Å². The molecule has 0 aliphatic rings. The summed E-state index contributed by atoms with van der Waals surface area (Å²) < 4.78 is 10.4. The van der Waals surface area contributed by atoms with Gasteiger partial charge in [0.25, 0.3) is 0 Å². The lowest BCUT2D eigenvalue weighted by Gasteiger charge is -2.12. The highest BCUT2D eigenvalue weighted by atomic mass is 32.1. The van der Waals surface area contributed by atoms with Gasteiger partial charge in [0.15, 0.2) is 10.2 Å². The molecule has 0 aromatic carbocycles. The summed E-state index contributed by atoms with van der Waals surface area (Å²) in [7, 11) is 1.59. The van der Waals surface area contributed by atoms with Gasteiger partial charge in [-0.3, -0.25) is 10.9 Å². The number of methoxy groups -OCH3 is 1. The third-order valence-corrected chi connectivity index (χ3v) is 1.92. The first-order chi connectivity index (χ1) is 8.97. The Hall–Kier alpha value is -1.36. The standard InChI is InChI=1S/C9H18N6O2S2/c1-6(17-4-3-16-2)7(13-15-9(11)19)5-12-14-8(10)18/h5-6H,3-4H2,1-2H3,(H3,10,14,18)(H3,11,15,19)/b12-5-,13-7+/t6-/m0/s1. The van der Waals surface area contributed by atoms with Gasteiger partial charge in [0.05, 0.1) is 19.4 Å². The second kappa shape index (κ2) is 10.6. The number of nitrogens with two attached hydrogens (primary N) is 2. The maximum atomic E-state index is 5.47. The summed E-state index contributed by atoms with van der Waals surface area (Å²) in [4.78, 5) is 0. The van der Waals surface area contributed by atoms with Gasteiger partial charge in [-0.25, -0.2) is 0 Å². The first kappa shape index (κ1) is 17.6. The summed E-state index contributed by atoms with van der Waals surface area (Å²) in [6, 6.07) is 0. The lowest BCUT2D eigenvalue weighted by atomic mass is 10.2. The maximum Gasteiger partial charge on any atom is 0.184 e. The number of nitrogens with zero attached hydrogens (tertiary/aromatic N) is 2. The van der Waals surface area contributed by atoms with Crippen LogP contribution in [0, 0.1) is 0 Å². The van der Waals surface area contributed by atoms with Gasteiger partial charge < -0.3 is 20.9 Å². The lowest BCUT2D eigenvalue weighted by molar-refractivity contribution is 0.0559. The number of ether oxygens (including phenoxy) is 2. The van der Waals surface area contributed by atoms with Crippen molar-refractivity contribution < 1.29 is 9.47 Å². The van der Waals surface area contributed by atoms with Crippen molar-refractivity contribution in [2.75, 3.05) is 20.3 Å². The van der Waals surface area contributed by atoms with Crippen molar-refractivity contribution in [3.63, 3.8) is 0 Å². The highest BCUT2D eigenvalue weighted by Crippen LogP contribution is 1.93. The number of thiocarbonyl (C=S) groups is 2. The van der Waals surface area contributed by atoms with Crippen molar-refractivity contribution in [2.45, 2.75) is 13.0 Å². The number of nitrogens with one attached hydrogen (secondary N) is 2. The average molecular weight is 306 g/mol. The van der Waals surface area contributed by atoms with E-state index in [4.69, 9.17) is 20.9 Å². The van der Waals surface area contributed by atoms with E-state index in [9.17, 15) is 0 Å². The summed E-state index contributed by atoms with van der Waals surface area (Å²) in [5.74, 6) is 0. The van der Waals surface area contributed by atoms with Crippen molar-refractivity contribution in [1.82, 2.24) is 10.9 Å². The molecule has 0 saturated heterocycles. The Labute approximate surface area is 122 Å². The number of rotatable bonds is 8. The van der Waals surface area contributed by atoms with Crippen LogP contribution >= 0.6 is 24.4 Å². The Morgan fingerprint density at radius 2 is 1.89 bits per heavy atom. The van der Waals surface area contributed by atoms with E-state index in [1.807, 2.05) is 0 Å². The highest BCUT2D eigenvalue weighted by molar-refractivity contribution is 7.80. The van der Waals surface area contributed by atoms with Gasteiger partial charge in [-0.05, 0) is 31.4 Å². The number of hydrogen-bond donors (Lipinski definition) is 4. The Balaban J connectivity index is 4.55. The topological polar surface area (TPSA) is 119 Å².